The molecule has 3 nitrogen and oxygen atoms in total. The topological polar surface area (TPSA) is 25.4 Å². The number of aromatic nitrogens is 1. The molecule has 1 heterocycles. The van der Waals surface area contributed by atoms with Crippen molar-refractivity contribution in [3.63, 3.8) is 0 Å². The maximum atomic E-state index is 6.40. The van der Waals surface area contributed by atoms with E-state index in [-0.39, 0.29) is 6.04 Å². The lowest BCUT2D eigenvalue weighted by molar-refractivity contribution is 0.328. The Hall–Kier alpha value is -3.33. The van der Waals surface area contributed by atoms with Crippen LogP contribution in [-0.2, 0) is 19.3 Å². The van der Waals surface area contributed by atoms with Crippen LogP contribution in [0.4, 0.5) is 5.69 Å². The van der Waals surface area contributed by atoms with Gasteiger partial charge in [0.15, 0.2) is 0 Å². The van der Waals surface area contributed by atoms with Crippen molar-refractivity contribution in [1.29, 1.82) is 0 Å². The van der Waals surface area contributed by atoms with Crippen molar-refractivity contribution in [3.8, 4) is 17.0 Å². The summed E-state index contributed by atoms with van der Waals surface area (Å²) in [7, 11) is 0. The predicted molar refractivity (Wildman–Crippen MR) is 152 cm³/mol. The number of hydrogen-bond donors (Lipinski definition) is 0. The van der Waals surface area contributed by atoms with Crippen molar-refractivity contribution in [3.05, 3.63) is 89.1 Å². The number of aryl methyl sites for hydroxylation is 3. The lowest BCUT2D eigenvalue weighted by atomic mass is 9.87. The highest BCUT2D eigenvalue weighted by molar-refractivity contribution is 5.94. The summed E-state index contributed by atoms with van der Waals surface area (Å²) in [6.45, 7) is 10.4. The van der Waals surface area contributed by atoms with Gasteiger partial charge in [-0.2, -0.15) is 0 Å². The molecule has 1 aromatic heterocycles. The fraction of sp³-hybridized carbons (Fsp3) is 0.364. The molecule has 3 aromatic carbocycles. The second-order valence-corrected chi connectivity index (χ2v) is 9.65. The first-order valence-electron chi connectivity index (χ1n) is 13.7. The van der Waals surface area contributed by atoms with Crippen LogP contribution in [0.15, 0.2) is 66.7 Å². The largest absolute Gasteiger partial charge is 0.493 e. The van der Waals surface area contributed by atoms with Crippen LogP contribution in [0.1, 0.15) is 69.0 Å². The number of anilines is 1. The molecule has 0 amide bonds. The van der Waals surface area contributed by atoms with Gasteiger partial charge in [0.2, 0.25) is 0 Å². The number of nitrogens with zero attached hydrogens (tertiary/aromatic N) is 2. The molecule has 1 unspecified atom stereocenters. The van der Waals surface area contributed by atoms with Gasteiger partial charge in [0.1, 0.15) is 5.75 Å². The Balaban J connectivity index is 1.67. The molecule has 0 saturated heterocycles. The van der Waals surface area contributed by atoms with Gasteiger partial charge in [-0.05, 0) is 68.5 Å². The van der Waals surface area contributed by atoms with Gasteiger partial charge in [-0.1, -0.05) is 68.4 Å². The summed E-state index contributed by atoms with van der Waals surface area (Å²) in [6.07, 6.45) is 5.25. The Morgan fingerprint density at radius 3 is 2.33 bits per heavy atom. The zero-order valence-electron chi connectivity index (χ0n) is 22.2. The average Bonchev–Trinajstić information content (AvgIpc) is 2.93. The molecule has 5 rings (SSSR count). The Morgan fingerprint density at radius 1 is 0.889 bits per heavy atom. The second-order valence-electron chi connectivity index (χ2n) is 9.65. The quantitative estimate of drug-likeness (QED) is 0.254. The number of hydrogen-bond acceptors (Lipinski definition) is 3. The van der Waals surface area contributed by atoms with Crippen molar-refractivity contribution in [2.45, 2.75) is 65.8 Å². The van der Waals surface area contributed by atoms with Gasteiger partial charge in [0, 0.05) is 34.8 Å². The van der Waals surface area contributed by atoms with E-state index in [0.29, 0.717) is 6.61 Å². The summed E-state index contributed by atoms with van der Waals surface area (Å²) in [4.78, 5) is 7.93. The lowest BCUT2D eigenvalue weighted by Gasteiger charge is -2.38. The number of rotatable bonds is 8. The molecule has 1 aliphatic carbocycles. The molecule has 1 atom stereocenters. The summed E-state index contributed by atoms with van der Waals surface area (Å²) in [6, 6.07) is 24.5. The van der Waals surface area contributed by atoms with E-state index in [4.69, 9.17) is 9.72 Å². The molecular weight excluding hydrogens is 440 g/mol. The van der Waals surface area contributed by atoms with Crippen LogP contribution in [0, 0.1) is 0 Å². The third kappa shape index (κ3) is 4.36. The van der Waals surface area contributed by atoms with Crippen LogP contribution < -0.4 is 9.64 Å². The maximum Gasteiger partial charge on any atom is 0.128 e. The van der Waals surface area contributed by atoms with Crippen LogP contribution in [0.25, 0.3) is 22.0 Å². The van der Waals surface area contributed by atoms with E-state index >= 15 is 0 Å². The van der Waals surface area contributed by atoms with Crippen molar-refractivity contribution in [2.24, 2.45) is 0 Å². The molecular formula is C33H38N2O. The van der Waals surface area contributed by atoms with Gasteiger partial charge < -0.3 is 9.64 Å². The highest BCUT2D eigenvalue weighted by atomic mass is 16.5. The van der Waals surface area contributed by atoms with E-state index in [0.717, 1.165) is 50.1 Å². The first kappa shape index (κ1) is 24.4. The first-order chi connectivity index (χ1) is 17.7. The van der Waals surface area contributed by atoms with E-state index < -0.39 is 0 Å². The van der Waals surface area contributed by atoms with Crippen molar-refractivity contribution < 1.29 is 4.74 Å². The van der Waals surface area contributed by atoms with Crippen LogP contribution in [0.5, 0.6) is 5.75 Å². The molecule has 0 radical (unpaired) electrons. The summed E-state index contributed by atoms with van der Waals surface area (Å²) in [5.41, 5.74) is 8.89. The molecule has 0 fully saturated rings. The molecule has 0 N–H and O–H groups in total. The zero-order valence-corrected chi connectivity index (χ0v) is 22.2. The second kappa shape index (κ2) is 10.7. The van der Waals surface area contributed by atoms with Crippen LogP contribution in [0.3, 0.4) is 0 Å². The normalized spacial score (nSPS) is 15.1. The van der Waals surface area contributed by atoms with E-state index in [9.17, 15) is 0 Å². The molecule has 36 heavy (non-hydrogen) atoms. The van der Waals surface area contributed by atoms with Gasteiger partial charge in [0.25, 0.3) is 0 Å². The van der Waals surface area contributed by atoms with Gasteiger partial charge in [-0.3, -0.25) is 4.98 Å². The molecule has 186 valence electrons. The summed E-state index contributed by atoms with van der Waals surface area (Å²) in [5, 5.41) is 2.59. The lowest BCUT2D eigenvalue weighted by Crippen LogP contribution is -2.32. The Bertz CT molecular complexity index is 1330. The number of pyridine rings is 1. The van der Waals surface area contributed by atoms with Crippen molar-refractivity contribution in [2.75, 3.05) is 18.1 Å². The maximum absolute atomic E-state index is 6.40. The molecule has 0 aliphatic heterocycles. The van der Waals surface area contributed by atoms with E-state index in [1.165, 1.54) is 44.4 Å². The number of benzene rings is 3. The summed E-state index contributed by atoms with van der Waals surface area (Å²) >= 11 is 0. The fourth-order valence-corrected chi connectivity index (χ4v) is 6.04. The Kier molecular flexibility index (Phi) is 7.27. The van der Waals surface area contributed by atoms with E-state index in [2.05, 4.69) is 99.3 Å². The highest BCUT2D eigenvalue weighted by Crippen LogP contribution is 2.44. The van der Waals surface area contributed by atoms with E-state index in [1.54, 1.807) is 0 Å². The number of fused-ring (bicyclic) bond motifs is 2. The monoisotopic (exact) mass is 478 g/mol. The van der Waals surface area contributed by atoms with Gasteiger partial charge in [0.05, 0.1) is 24.0 Å². The van der Waals surface area contributed by atoms with Crippen molar-refractivity contribution >= 4 is 16.5 Å². The predicted octanol–water partition coefficient (Wildman–Crippen LogP) is 8.33. The molecule has 0 spiro atoms. The molecule has 4 aromatic rings. The SMILES string of the molecule is CCOc1cc(-c2c(CC)cccc2CC)nc2c1C(N(CC)c1cccc3ccccc13)CCC2. The summed E-state index contributed by atoms with van der Waals surface area (Å²) in [5.74, 6) is 1.01. The van der Waals surface area contributed by atoms with Crippen LogP contribution in [0.2, 0.25) is 0 Å². The Labute approximate surface area is 216 Å². The first-order valence-corrected chi connectivity index (χ1v) is 13.7. The highest BCUT2D eigenvalue weighted by Gasteiger charge is 2.31. The van der Waals surface area contributed by atoms with Crippen molar-refractivity contribution in [1.82, 2.24) is 4.98 Å². The standard InChI is InChI=1S/C33H38N2O/c1-5-23-15-11-16-24(6-2)32(23)28-22-31(36-8-4)33-27(34-28)19-13-21-30(33)35(7-3)29-20-12-17-25-14-9-10-18-26(25)29/h9-12,14-18,20,22,30H,5-8,13,19,21H2,1-4H3. The Morgan fingerprint density at radius 2 is 1.61 bits per heavy atom. The molecule has 0 saturated carbocycles. The minimum Gasteiger partial charge on any atom is -0.493 e. The third-order valence-corrected chi connectivity index (χ3v) is 7.67. The molecule has 1 aliphatic rings. The van der Waals surface area contributed by atoms with Gasteiger partial charge in [-0.25, -0.2) is 0 Å². The average molecular weight is 479 g/mol. The van der Waals surface area contributed by atoms with Crippen LogP contribution in [-0.4, -0.2) is 18.1 Å². The minimum atomic E-state index is 0.250. The summed E-state index contributed by atoms with van der Waals surface area (Å²) < 4.78 is 6.40. The zero-order chi connectivity index (χ0) is 25.1. The fourth-order valence-electron chi connectivity index (χ4n) is 6.04. The van der Waals surface area contributed by atoms with Gasteiger partial charge in [-0.15, -0.1) is 0 Å². The smallest absolute Gasteiger partial charge is 0.128 e. The van der Waals surface area contributed by atoms with Gasteiger partial charge >= 0.3 is 0 Å². The molecule has 0 bridgehead atoms. The van der Waals surface area contributed by atoms with Crippen LogP contribution >= 0.6 is 0 Å². The minimum absolute atomic E-state index is 0.250. The van der Waals surface area contributed by atoms with E-state index in [1.807, 2.05) is 0 Å². The molecule has 3 heteroatoms. The third-order valence-electron chi connectivity index (χ3n) is 7.67. The number of ether oxygens (including phenoxy) is 1.